The van der Waals surface area contributed by atoms with Gasteiger partial charge in [-0.25, -0.2) is 13.2 Å². The third kappa shape index (κ3) is 4.48. The first-order chi connectivity index (χ1) is 7.03. The second-order valence-electron chi connectivity index (χ2n) is 3.30. The molecule has 0 bridgehead atoms. The molecule has 1 aliphatic rings. The van der Waals surface area contributed by atoms with Crippen molar-refractivity contribution >= 4 is 16.0 Å². The summed E-state index contributed by atoms with van der Waals surface area (Å²) in [7, 11) is -1.59. The number of sulfone groups is 1. The standard InChI is InChI=1S/C8H15NO5S/c1-13-8(10)14-5-2-9-3-6-15(11,12)7-4-9/h2-7H2,1H3. The Morgan fingerprint density at radius 1 is 1.33 bits per heavy atom. The lowest BCUT2D eigenvalue weighted by molar-refractivity contribution is 0.0644. The number of rotatable bonds is 3. The van der Waals surface area contributed by atoms with E-state index in [1.165, 1.54) is 7.11 Å². The molecule has 15 heavy (non-hydrogen) atoms. The topological polar surface area (TPSA) is 72.9 Å². The van der Waals surface area contributed by atoms with E-state index in [1.54, 1.807) is 0 Å². The van der Waals surface area contributed by atoms with Crippen LogP contribution < -0.4 is 0 Å². The molecular formula is C8H15NO5S. The van der Waals surface area contributed by atoms with E-state index in [1.807, 2.05) is 4.90 Å². The molecule has 0 aromatic carbocycles. The zero-order chi connectivity index (χ0) is 11.3. The van der Waals surface area contributed by atoms with Crippen LogP contribution in [0, 0.1) is 0 Å². The summed E-state index contributed by atoms with van der Waals surface area (Å²) in [5.41, 5.74) is 0. The van der Waals surface area contributed by atoms with Crippen molar-refractivity contribution in [1.82, 2.24) is 4.90 Å². The summed E-state index contributed by atoms with van der Waals surface area (Å²) in [4.78, 5) is 12.5. The average Bonchev–Trinajstić information content (AvgIpc) is 2.20. The number of ether oxygens (including phenoxy) is 2. The van der Waals surface area contributed by atoms with Gasteiger partial charge in [0, 0.05) is 19.6 Å². The largest absolute Gasteiger partial charge is 0.508 e. The van der Waals surface area contributed by atoms with Crippen LogP contribution in [0.1, 0.15) is 0 Å². The van der Waals surface area contributed by atoms with Crippen LogP contribution in [-0.2, 0) is 19.3 Å². The van der Waals surface area contributed by atoms with Gasteiger partial charge >= 0.3 is 6.16 Å². The zero-order valence-corrected chi connectivity index (χ0v) is 9.46. The van der Waals surface area contributed by atoms with E-state index in [9.17, 15) is 13.2 Å². The SMILES string of the molecule is COC(=O)OCCN1CCS(=O)(=O)CC1. The maximum Gasteiger partial charge on any atom is 0.508 e. The lowest BCUT2D eigenvalue weighted by Gasteiger charge is -2.25. The van der Waals surface area contributed by atoms with Gasteiger partial charge in [0.2, 0.25) is 0 Å². The van der Waals surface area contributed by atoms with Gasteiger partial charge in [0.1, 0.15) is 6.61 Å². The Bertz CT molecular complexity index is 299. The second-order valence-corrected chi connectivity index (χ2v) is 5.60. The van der Waals surface area contributed by atoms with E-state index in [4.69, 9.17) is 4.74 Å². The maximum atomic E-state index is 11.1. The van der Waals surface area contributed by atoms with Gasteiger partial charge in [0.25, 0.3) is 0 Å². The Balaban J connectivity index is 2.17. The smallest absolute Gasteiger partial charge is 0.438 e. The first kappa shape index (κ1) is 12.3. The molecule has 0 N–H and O–H groups in total. The molecule has 0 unspecified atom stereocenters. The first-order valence-electron chi connectivity index (χ1n) is 4.67. The molecule has 0 saturated carbocycles. The molecule has 0 spiro atoms. The fraction of sp³-hybridized carbons (Fsp3) is 0.875. The minimum atomic E-state index is -2.84. The Morgan fingerprint density at radius 2 is 1.93 bits per heavy atom. The summed E-state index contributed by atoms with van der Waals surface area (Å²) in [5.74, 6) is 0.371. The molecular weight excluding hydrogens is 222 g/mol. The number of methoxy groups -OCH3 is 1. The first-order valence-corrected chi connectivity index (χ1v) is 6.49. The number of hydrogen-bond donors (Lipinski definition) is 0. The van der Waals surface area contributed by atoms with Crippen LogP contribution in [0.2, 0.25) is 0 Å². The summed E-state index contributed by atoms with van der Waals surface area (Å²) < 4.78 is 31.2. The predicted octanol–water partition coefficient (Wildman–Crippen LogP) is -0.500. The highest BCUT2D eigenvalue weighted by atomic mass is 32.2. The Labute approximate surface area is 89.1 Å². The van der Waals surface area contributed by atoms with Gasteiger partial charge < -0.3 is 9.47 Å². The molecule has 7 heteroatoms. The van der Waals surface area contributed by atoms with Crippen molar-refractivity contribution in [2.24, 2.45) is 0 Å². The summed E-state index contributed by atoms with van der Waals surface area (Å²) in [6.07, 6.45) is -0.709. The highest BCUT2D eigenvalue weighted by molar-refractivity contribution is 7.91. The number of hydrogen-bond acceptors (Lipinski definition) is 6. The van der Waals surface area contributed by atoms with Gasteiger partial charge in [0.05, 0.1) is 18.6 Å². The second kappa shape index (κ2) is 5.32. The summed E-state index contributed by atoms with van der Waals surface area (Å²) in [5, 5.41) is 0. The minimum Gasteiger partial charge on any atom is -0.438 e. The van der Waals surface area contributed by atoms with E-state index in [-0.39, 0.29) is 18.1 Å². The normalized spacial score (nSPS) is 20.9. The van der Waals surface area contributed by atoms with Crippen LogP contribution >= 0.6 is 0 Å². The third-order valence-electron chi connectivity index (χ3n) is 2.23. The highest BCUT2D eigenvalue weighted by Crippen LogP contribution is 2.02. The van der Waals surface area contributed by atoms with Gasteiger partial charge in [-0.1, -0.05) is 0 Å². The van der Waals surface area contributed by atoms with Gasteiger partial charge in [-0.05, 0) is 0 Å². The van der Waals surface area contributed by atoms with Crippen LogP contribution in [0.3, 0.4) is 0 Å². The van der Waals surface area contributed by atoms with Gasteiger partial charge in [-0.3, -0.25) is 4.90 Å². The molecule has 1 fully saturated rings. The molecule has 6 nitrogen and oxygen atoms in total. The molecule has 0 atom stereocenters. The van der Waals surface area contributed by atoms with E-state index in [0.29, 0.717) is 19.6 Å². The van der Waals surface area contributed by atoms with E-state index in [0.717, 1.165) is 0 Å². The predicted molar refractivity (Wildman–Crippen MR) is 53.5 cm³/mol. The van der Waals surface area contributed by atoms with Gasteiger partial charge in [0.15, 0.2) is 9.84 Å². The average molecular weight is 237 g/mol. The molecule has 0 amide bonds. The van der Waals surface area contributed by atoms with Crippen molar-refractivity contribution in [2.45, 2.75) is 0 Å². The van der Waals surface area contributed by atoms with Crippen molar-refractivity contribution < 1.29 is 22.7 Å². The van der Waals surface area contributed by atoms with Crippen LogP contribution in [0.15, 0.2) is 0 Å². The Morgan fingerprint density at radius 3 is 2.47 bits per heavy atom. The molecule has 0 radical (unpaired) electrons. The van der Waals surface area contributed by atoms with Crippen LogP contribution in [-0.4, -0.2) is 64.3 Å². The zero-order valence-electron chi connectivity index (χ0n) is 8.64. The third-order valence-corrected chi connectivity index (χ3v) is 3.84. The highest BCUT2D eigenvalue weighted by Gasteiger charge is 2.21. The summed E-state index contributed by atoms with van der Waals surface area (Å²) in [6, 6.07) is 0. The summed E-state index contributed by atoms with van der Waals surface area (Å²) in [6.45, 7) is 1.79. The molecule has 1 heterocycles. The van der Waals surface area contributed by atoms with Crippen LogP contribution in [0.4, 0.5) is 4.79 Å². The van der Waals surface area contributed by atoms with Crippen molar-refractivity contribution in [2.75, 3.05) is 44.9 Å². The van der Waals surface area contributed by atoms with E-state index < -0.39 is 16.0 Å². The number of carbonyl (C=O) groups is 1. The van der Waals surface area contributed by atoms with Gasteiger partial charge in [-0.2, -0.15) is 0 Å². The summed E-state index contributed by atoms with van der Waals surface area (Å²) >= 11 is 0. The van der Waals surface area contributed by atoms with E-state index >= 15 is 0 Å². The quantitative estimate of drug-likeness (QED) is 0.616. The van der Waals surface area contributed by atoms with Crippen molar-refractivity contribution in [3.05, 3.63) is 0 Å². The molecule has 1 saturated heterocycles. The lowest BCUT2D eigenvalue weighted by Crippen LogP contribution is -2.41. The lowest BCUT2D eigenvalue weighted by atomic mass is 10.5. The molecule has 1 aliphatic heterocycles. The van der Waals surface area contributed by atoms with Crippen molar-refractivity contribution in [3.8, 4) is 0 Å². The Kier molecular flexibility index (Phi) is 4.34. The van der Waals surface area contributed by atoms with Crippen LogP contribution in [0.5, 0.6) is 0 Å². The minimum absolute atomic E-state index is 0.186. The molecule has 0 aromatic heterocycles. The molecule has 88 valence electrons. The van der Waals surface area contributed by atoms with Gasteiger partial charge in [-0.15, -0.1) is 0 Å². The van der Waals surface area contributed by atoms with Crippen molar-refractivity contribution in [3.63, 3.8) is 0 Å². The fourth-order valence-corrected chi connectivity index (χ4v) is 2.57. The number of carbonyl (C=O) groups excluding carboxylic acids is 1. The van der Waals surface area contributed by atoms with Crippen LogP contribution in [0.25, 0.3) is 0 Å². The van der Waals surface area contributed by atoms with E-state index in [2.05, 4.69) is 4.74 Å². The number of nitrogens with zero attached hydrogens (tertiary/aromatic N) is 1. The van der Waals surface area contributed by atoms with Crippen molar-refractivity contribution in [1.29, 1.82) is 0 Å². The maximum absolute atomic E-state index is 11.1. The molecule has 0 aromatic rings. The Hall–Kier alpha value is -0.820. The monoisotopic (exact) mass is 237 g/mol. The molecule has 0 aliphatic carbocycles. The fourth-order valence-electron chi connectivity index (χ4n) is 1.29. The molecule has 1 rings (SSSR count).